The molecule has 0 spiro atoms. The van der Waals surface area contributed by atoms with Crippen molar-refractivity contribution in [2.24, 2.45) is 11.3 Å². The maximum Gasteiger partial charge on any atom is 0.137 e. The van der Waals surface area contributed by atoms with E-state index in [2.05, 4.69) is 50.6 Å². The lowest BCUT2D eigenvalue weighted by Gasteiger charge is -2.31. The molecule has 1 aromatic heterocycles. The highest BCUT2D eigenvalue weighted by Crippen LogP contribution is 2.18. The molecule has 3 nitrogen and oxygen atoms in total. The summed E-state index contributed by atoms with van der Waals surface area (Å²) in [7, 11) is 1.67. The predicted octanol–water partition coefficient (Wildman–Crippen LogP) is 3.59. The largest absolute Gasteiger partial charge is 0.495 e. The van der Waals surface area contributed by atoms with E-state index in [9.17, 15) is 0 Å². The molecule has 0 bridgehead atoms. The first-order valence-electron chi connectivity index (χ1n) is 7.01. The highest BCUT2D eigenvalue weighted by atomic mass is 16.5. The Kier molecular flexibility index (Phi) is 5.80. The fourth-order valence-electron chi connectivity index (χ4n) is 2.23. The number of nitrogens with zero attached hydrogens (tertiary/aromatic N) is 2. The van der Waals surface area contributed by atoms with Crippen LogP contribution in [0.1, 0.15) is 40.3 Å². The van der Waals surface area contributed by atoms with Crippen molar-refractivity contribution in [3.05, 3.63) is 24.0 Å². The summed E-state index contributed by atoms with van der Waals surface area (Å²) >= 11 is 0. The van der Waals surface area contributed by atoms with Crippen LogP contribution >= 0.6 is 0 Å². The number of pyridine rings is 1. The van der Waals surface area contributed by atoms with Gasteiger partial charge in [-0.15, -0.1) is 0 Å². The Morgan fingerprint density at radius 1 is 1.26 bits per heavy atom. The predicted molar refractivity (Wildman–Crippen MR) is 80.4 cm³/mol. The van der Waals surface area contributed by atoms with Crippen molar-refractivity contribution in [2.75, 3.05) is 20.2 Å². The Labute approximate surface area is 118 Å². The van der Waals surface area contributed by atoms with Crippen molar-refractivity contribution in [1.29, 1.82) is 0 Å². The quantitative estimate of drug-likeness (QED) is 0.785. The number of rotatable bonds is 6. The van der Waals surface area contributed by atoms with Crippen LogP contribution in [0.4, 0.5) is 0 Å². The molecule has 19 heavy (non-hydrogen) atoms. The number of methoxy groups -OCH3 is 1. The van der Waals surface area contributed by atoms with E-state index in [0.29, 0.717) is 11.3 Å². The van der Waals surface area contributed by atoms with Crippen LogP contribution in [0.3, 0.4) is 0 Å². The molecule has 0 fully saturated rings. The summed E-state index contributed by atoms with van der Waals surface area (Å²) in [5, 5.41) is 0. The molecule has 0 amide bonds. The van der Waals surface area contributed by atoms with Gasteiger partial charge >= 0.3 is 0 Å². The molecule has 0 atom stereocenters. The molecule has 0 aliphatic rings. The van der Waals surface area contributed by atoms with Crippen LogP contribution in [0.25, 0.3) is 0 Å². The first kappa shape index (κ1) is 16.0. The van der Waals surface area contributed by atoms with Crippen LogP contribution in [-0.2, 0) is 6.54 Å². The number of aromatic nitrogens is 1. The molecule has 0 aromatic carbocycles. The van der Waals surface area contributed by atoms with Gasteiger partial charge in [-0.05, 0) is 23.5 Å². The summed E-state index contributed by atoms with van der Waals surface area (Å²) in [6, 6.07) is 4.03. The second kappa shape index (κ2) is 6.90. The Morgan fingerprint density at radius 2 is 1.95 bits per heavy atom. The lowest BCUT2D eigenvalue weighted by Crippen LogP contribution is -2.35. The van der Waals surface area contributed by atoms with Crippen LogP contribution < -0.4 is 4.74 Å². The molecule has 0 aliphatic carbocycles. The minimum absolute atomic E-state index is 0.307. The van der Waals surface area contributed by atoms with E-state index in [1.54, 1.807) is 13.3 Å². The molecule has 0 aliphatic heterocycles. The smallest absolute Gasteiger partial charge is 0.137 e. The molecular formula is C16H28N2O. The zero-order valence-electron chi connectivity index (χ0n) is 13.2. The van der Waals surface area contributed by atoms with E-state index in [1.807, 2.05) is 6.07 Å². The Morgan fingerprint density at radius 3 is 2.37 bits per heavy atom. The first-order chi connectivity index (χ1) is 8.80. The molecule has 0 unspecified atom stereocenters. The van der Waals surface area contributed by atoms with Gasteiger partial charge in [0.05, 0.1) is 19.0 Å². The lowest BCUT2D eigenvalue weighted by molar-refractivity contribution is 0.165. The molecule has 108 valence electrons. The zero-order chi connectivity index (χ0) is 14.5. The molecule has 0 saturated heterocycles. The fourth-order valence-corrected chi connectivity index (χ4v) is 2.23. The SMILES string of the molecule is COc1ccc(CN(CC(C)C)CC(C)(C)C)nc1. The standard InChI is InChI=1S/C16H28N2O/c1-13(2)10-18(12-16(3,4)5)11-14-7-8-15(19-6)9-17-14/h7-9,13H,10-12H2,1-6H3. The van der Waals surface area contributed by atoms with Crippen LogP contribution in [0.5, 0.6) is 5.75 Å². The third-order valence-corrected chi connectivity index (χ3v) is 2.74. The van der Waals surface area contributed by atoms with E-state index in [-0.39, 0.29) is 0 Å². The van der Waals surface area contributed by atoms with E-state index >= 15 is 0 Å². The van der Waals surface area contributed by atoms with Gasteiger partial charge in [0.1, 0.15) is 5.75 Å². The maximum absolute atomic E-state index is 5.14. The van der Waals surface area contributed by atoms with Crippen molar-refractivity contribution in [3.63, 3.8) is 0 Å². The molecule has 1 aromatic rings. The van der Waals surface area contributed by atoms with Gasteiger partial charge in [-0.1, -0.05) is 34.6 Å². The van der Waals surface area contributed by atoms with Gasteiger partial charge in [-0.25, -0.2) is 0 Å². The van der Waals surface area contributed by atoms with Crippen molar-refractivity contribution < 1.29 is 4.74 Å². The molecule has 1 rings (SSSR count). The maximum atomic E-state index is 5.14. The zero-order valence-corrected chi connectivity index (χ0v) is 13.2. The van der Waals surface area contributed by atoms with E-state index in [1.165, 1.54) is 0 Å². The molecule has 1 heterocycles. The van der Waals surface area contributed by atoms with E-state index in [4.69, 9.17) is 4.74 Å². The van der Waals surface area contributed by atoms with Gasteiger partial charge < -0.3 is 4.74 Å². The van der Waals surface area contributed by atoms with Gasteiger partial charge in [0, 0.05) is 19.6 Å². The number of hydrogen-bond donors (Lipinski definition) is 0. The molecule has 0 radical (unpaired) electrons. The lowest BCUT2D eigenvalue weighted by atomic mass is 9.95. The second-order valence-electron chi connectivity index (χ2n) is 6.81. The number of hydrogen-bond acceptors (Lipinski definition) is 3. The molecule has 0 saturated carbocycles. The topological polar surface area (TPSA) is 25.4 Å². The Hall–Kier alpha value is -1.09. The average molecular weight is 264 g/mol. The second-order valence-corrected chi connectivity index (χ2v) is 6.81. The minimum atomic E-state index is 0.307. The van der Waals surface area contributed by atoms with Gasteiger partial charge in [0.25, 0.3) is 0 Å². The van der Waals surface area contributed by atoms with Gasteiger partial charge in [0.2, 0.25) is 0 Å². The van der Waals surface area contributed by atoms with Crippen molar-refractivity contribution in [2.45, 2.75) is 41.2 Å². The van der Waals surface area contributed by atoms with Crippen LogP contribution in [0, 0.1) is 11.3 Å². The van der Waals surface area contributed by atoms with Crippen molar-refractivity contribution in [3.8, 4) is 5.75 Å². The van der Waals surface area contributed by atoms with Crippen molar-refractivity contribution >= 4 is 0 Å². The summed E-state index contributed by atoms with van der Waals surface area (Å²) in [4.78, 5) is 6.95. The van der Waals surface area contributed by atoms with Crippen LogP contribution in [-0.4, -0.2) is 30.1 Å². The van der Waals surface area contributed by atoms with E-state index < -0.39 is 0 Å². The Balaban J connectivity index is 2.69. The third-order valence-electron chi connectivity index (χ3n) is 2.74. The molecule has 3 heteroatoms. The third kappa shape index (κ3) is 6.58. The monoisotopic (exact) mass is 264 g/mol. The summed E-state index contributed by atoms with van der Waals surface area (Å²) in [6.07, 6.45) is 1.79. The highest BCUT2D eigenvalue weighted by molar-refractivity contribution is 5.19. The van der Waals surface area contributed by atoms with Gasteiger partial charge in [-0.3, -0.25) is 9.88 Å². The summed E-state index contributed by atoms with van der Waals surface area (Å²) in [5.74, 6) is 1.48. The normalized spacial score (nSPS) is 12.2. The molecule has 0 N–H and O–H groups in total. The number of ether oxygens (including phenoxy) is 1. The average Bonchev–Trinajstić information content (AvgIpc) is 2.26. The summed E-state index contributed by atoms with van der Waals surface area (Å²) in [5.41, 5.74) is 1.41. The molecular weight excluding hydrogens is 236 g/mol. The fraction of sp³-hybridized carbons (Fsp3) is 0.688. The van der Waals surface area contributed by atoms with Gasteiger partial charge in [-0.2, -0.15) is 0 Å². The Bertz CT molecular complexity index is 365. The van der Waals surface area contributed by atoms with E-state index in [0.717, 1.165) is 31.1 Å². The summed E-state index contributed by atoms with van der Waals surface area (Å²) in [6.45, 7) is 14.4. The van der Waals surface area contributed by atoms with Crippen LogP contribution in [0.2, 0.25) is 0 Å². The minimum Gasteiger partial charge on any atom is -0.495 e. The highest BCUT2D eigenvalue weighted by Gasteiger charge is 2.17. The van der Waals surface area contributed by atoms with Crippen molar-refractivity contribution in [1.82, 2.24) is 9.88 Å². The summed E-state index contributed by atoms with van der Waals surface area (Å²) < 4.78 is 5.14. The van der Waals surface area contributed by atoms with Crippen LogP contribution in [0.15, 0.2) is 18.3 Å². The first-order valence-corrected chi connectivity index (χ1v) is 7.01. The van der Waals surface area contributed by atoms with Gasteiger partial charge in [0.15, 0.2) is 0 Å².